The van der Waals surface area contributed by atoms with Crippen molar-refractivity contribution < 1.29 is 9.90 Å². The highest BCUT2D eigenvalue weighted by atomic mass is 16.3. The molecule has 0 saturated heterocycles. The highest BCUT2D eigenvalue weighted by molar-refractivity contribution is 5.76. The summed E-state index contributed by atoms with van der Waals surface area (Å²) in [7, 11) is 7.60. The summed E-state index contributed by atoms with van der Waals surface area (Å²) in [5.74, 6) is -0.0921. The molecule has 0 spiro atoms. The van der Waals surface area contributed by atoms with Crippen LogP contribution in [-0.2, 0) is 17.9 Å². The Bertz CT molecular complexity index is 594. The van der Waals surface area contributed by atoms with Crippen molar-refractivity contribution in [2.75, 3.05) is 47.8 Å². The van der Waals surface area contributed by atoms with Gasteiger partial charge < -0.3 is 14.9 Å². The monoisotopic (exact) mass is 351 g/mol. The number of nitrogens with zero attached hydrogens (tertiary/aromatic N) is 5. The second-order valence-corrected chi connectivity index (χ2v) is 8.40. The molecule has 1 amide bonds. The molecule has 25 heavy (non-hydrogen) atoms. The molecule has 7 nitrogen and oxygen atoms in total. The Labute approximate surface area is 151 Å². The maximum atomic E-state index is 11.8. The lowest BCUT2D eigenvalue weighted by molar-refractivity contribution is -0.130. The van der Waals surface area contributed by atoms with E-state index in [0.717, 1.165) is 38.4 Å². The van der Waals surface area contributed by atoms with Crippen LogP contribution in [0.3, 0.4) is 0 Å². The summed E-state index contributed by atoms with van der Waals surface area (Å²) in [4.78, 5) is 18.0. The molecular formula is C18H33N5O2. The van der Waals surface area contributed by atoms with Crippen molar-refractivity contribution in [3.8, 4) is 0 Å². The van der Waals surface area contributed by atoms with E-state index in [1.165, 1.54) is 4.90 Å². The number of aliphatic hydroxyl groups excluding tert-OH is 1. The third kappa shape index (κ3) is 5.52. The Hall–Kier alpha value is -1.44. The van der Waals surface area contributed by atoms with Gasteiger partial charge in [-0.25, -0.2) is 0 Å². The van der Waals surface area contributed by atoms with Crippen LogP contribution in [0.2, 0.25) is 0 Å². The van der Waals surface area contributed by atoms with Gasteiger partial charge in [-0.15, -0.1) is 0 Å². The minimum atomic E-state index is -0.841. The van der Waals surface area contributed by atoms with Gasteiger partial charge in [-0.1, -0.05) is 13.8 Å². The Balaban J connectivity index is 2.00. The molecule has 0 unspecified atom stereocenters. The molecule has 1 aliphatic heterocycles. The van der Waals surface area contributed by atoms with Gasteiger partial charge in [-0.2, -0.15) is 5.10 Å². The van der Waals surface area contributed by atoms with Crippen LogP contribution in [0.25, 0.3) is 0 Å². The number of rotatable bonds is 7. The Morgan fingerprint density at radius 2 is 2.00 bits per heavy atom. The van der Waals surface area contributed by atoms with Crippen LogP contribution >= 0.6 is 0 Å². The number of hydrogen-bond donors (Lipinski definition) is 1. The molecule has 2 rings (SSSR count). The summed E-state index contributed by atoms with van der Waals surface area (Å²) in [6.07, 6.45) is -0.769. The lowest BCUT2D eigenvalue weighted by Gasteiger charge is -2.36. The minimum Gasteiger partial charge on any atom is -0.386 e. The predicted octanol–water partition coefficient (Wildman–Crippen LogP) is 0.798. The second kappa shape index (κ2) is 7.85. The fraction of sp³-hybridized carbons (Fsp3) is 0.778. The van der Waals surface area contributed by atoms with E-state index in [4.69, 9.17) is 0 Å². The van der Waals surface area contributed by atoms with Gasteiger partial charge >= 0.3 is 0 Å². The predicted molar refractivity (Wildman–Crippen MR) is 98.1 cm³/mol. The van der Waals surface area contributed by atoms with Gasteiger partial charge in [0.15, 0.2) is 0 Å². The molecule has 0 fully saturated rings. The van der Waals surface area contributed by atoms with Crippen LogP contribution in [-0.4, -0.2) is 83.3 Å². The molecule has 7 heteroatoms. The van der Waals surface area contributed by atoms with Crippen molar-refractivity contribution in [2.45, 2.75) is 39.5 Å². The molecule has 0 aromatic carbocycles. The van der Waals surface area contributed by atoms with Crippen LogP contribution in [0.1, 0.15) is 37.8 Å². The van der Waals surface area contributed by atoms with Gasteiger partial charge in [0.25, 0.3) is 0 Å². The summed E-state index contributed by atoms with van der Waals surface area (Å²) in [5.41, 5.74) is 1.92. The van der Waals surface area contributed by atoms with Crippen LogP contribution < -0.4 is 0 Å². The fourth-order valence-corrected chi connectivity index (χ4v) is 3.60. The lowest BCUT2D eigenvalue weighted by atomic mass is 9.92. The van der Waals surface area contributed by atoms with Crippen LogP contribution in [0.5, 0.6) is 0 Å². The smallest absolute Gasteiger partial charge is 0.225 e. The van der Waals surface area contributed by atoms with E-state index < -0.39 is 6.10 Å². The van der Waals surface area contributed by atoms with Crippen molar-refractivity contribution in [3.63, 3.8) is 0 Å². The first-order valence-corrected chi connectivity index (χ1v) is 8.89. The zero-order chi connectivity index (χ0) is 18.8. The van der Waals surface area contributed by atoms with Crippen LogP contribution in [0, 0.1) is 5.41 Å². The maximum Gasteiger partial charge on any atom is 0.225 e. The molecule has 1 aromatic heterocycles. The lowest BCUT2D eigenvalue weighted by Crippen LogP contribution is -2.43. The van der Waals surface area contributed by atoms with E-state index in [1.54, 1.807) is 14.1 Å². The van der Waals surface area contributed by atoms with E-state index in [-0.39, 0.29) is 17.7 Å². The summed E-state index contributed by atoms with van der Waals surface area (Å²) in [6, 6.07) is 1.94. The van der Waals surface area contributed by atoms with Gasteiger partial charge in [0.2, 0.25) is 5.91 Å². The van der Waals surface area contributed by atoms with Gasteiger partial charge in [-0.3, -0.25) is 14.4 Å². The van der Waals surface area contributed by atoms with Crippen LogP contribution in [0.15, 0.2) is 6.07 Å². The molecular weight excluding hydrogens is 318 g/mol. The molecule has 0 bridgehead atoms. The number of carbonyl (C=O) groups excluding carboxylic acids is 1. The van der Waals surface area contributed by atoms with Crippen molar-refractivity contribution in [1.82, 2.24) is 24.5 Å². The zero-order valence-corrected chi connectivity index (χ0v) is 16.5. The maximum absolute atomic E-state index is 11.8. The van der Waals surface area contributed by atoms with E-state index in [9.17, 15) is 9.90 Å². The number of aromatic nitrogens is 2. The van der Waals surface area contributed by atoms with Crippen molar-refractivity contribution >= 4 is 5.91 Å². The van der Waals surface area contributed by atoms with Crippen LogP contribution in [0.4, 0.5) is 0 Å². The Morgan fingerprint density at radius 1 is 1.32 bits per heavy atom. The van der Waals surface area contributed by atoms with Gasteiger partial charge in [-0.05, 0) is 25.6 Å². The van der Waals surface area contributed by atoms with Crippen molar-refractivity contribution in [2.24, 2.45) is 5.41 Å². The second-order valence-electron chi connectivity index (χ2n) is 8.40. The first-order valence-electron chi connectivity index (χ1n) is 8.89. The quantitative estimate of drug-likeness (QED) is 0.787. The highest BCUT2D eigenvalue weighted by Gasteiger charge is 2.27. The van der Waals surface area contributed by atoms with E-state index in [1.807, 2.05) is 10.7 Å². The fourth-order valence-electron chi connectivity index (χ4n) is 3.60. The summed E-state index contributed by atoms with van der Waals surface area (Å²) in [5, 5.41) is 14.8. The molecule has 1 aromatic rings. The van der Waals surface area contributed by atoms with E-state index in [2.05, 4.69) is 42.8 Å². The third-order valence-electron chi connectivity index (χ3n) is 4.50. The largest absolute Gasteiger partial charge is 0.386 e. The first kappa shape index (κ1) is 19.9. The average molecular weight is 351 g/mol. The number of aliphatic hydroxyl groups is 1. The molecule has 142 valence electrons. The molecule has 0 radical (unpaired) electrons. The molecule has 2 heterocycles. The Morgan fingerprint density at radius 3 is 2.60 bits per heavy atom. The van der Waals surface area contributed by atoms with E-state index in [0.29, 0.717) is 5.69 Å². The number of fused-ring (bicyclic) bond motifs is 1. The first-order chi connectivity index (χ1) is 11.6. The highest BCUT2D eigenvalue weighted by Crippen LogP contribution is 2.24. The molecule has 1 N–H and O–H groups in total. The SMILES string of the molecule is CN(C)CC(C)(C)CN1CCn2nc([C@H](O)CC(=O)N(C)C)cc2C1. The molecule has 1 aliphatic rings. The zero-order valence-electron chi connectivity index (χ0n) is 16.5. The topological polar surface area (TPSA) is 64.8 Å². The number of hydrogen-bond acceptors (Lipinski definition) is 5. The summed E-state index contributed by atoms with van der Waals surface area (Å²) in [6.45, 7) is 9.26. The normalized spacial score (nSPS) is 16.8. The number of amides is 1. The van der Waals surface area contributed by atoms with E-state index >= 15 is 0 Å². The standard InChI is InChI=1S/C18H33N5O2/c1-18(2,12-20(3)4)13-22-7-8-23-14(11-22)9-15(19-23)16(24)10-17(25)21(5)6/h9,16,24H,7-8,10-13H2,1-6H3/t16-/m1/s1. The molecule has 0 aliphatic carbocycles. The molecule has 0 saturated carbocycles. The molecule has 1 atom stereocenters. The van der Waals surface area contributed by atoms with Crippen molar-refractivity contribution in [3.05, 3.63) is 17.5 Å². The summed E-state index contributed by atoms with van der Waals surface area (Å²) < 4.78 is 1.97. The van der Waals surface area contributed by atoms with Crippen molar-refractivity contribution in [1.29, 1.82) is 0 Å². The minimum absolute atomic E-state index is 0.0725. The average Bonchev–Trinajstić information content (AvgIpc) is 2.88. The van der Waals surface area contributed by atoms with Gasteiger partial charge in [0, 0.05) is 40.3 Å². The third-order valence-corrected chi connectivity index (χ3v) is 4.50. The Kier molecular flexibility index (Phi) is 6.24. The van der Waals surface area contributed by atoms with Gasteiger partial charge in [0.05, 0.1) is 24.4 Å². The van der Waals surface area contributed by atoms with Gasteiger partial charge in [0.1, 0.15) is 6.10 Å². The summed E-state index contributed by atoms with van der Waals surface area (Å²) >= 11 is 0. The number of carbonyl (C=O) groups is 1.